The van der Waals surface area contributed by atoms with E-state index in [9.17, 15) is 14.7 Å². The molecule has 2 unspecified atom stereocenters. The third kappa shape index (κ3) is 4.96. The van der Waals surface area contributed by atoms with Gasteiger partial charge < -0.3 is 24.6 Å². The first-order chi connectivity index (χ1) is 15.9. The van der Waals surface area contributed by atoms with Crippen LogP contribution in [0.4, 0.5) is 4.79 Å². The minimum atomic E-state index is -1.18. The molecule has 2 atom stereocenters. The van der Waals surface area contributed by atoms with Crippen molar-refractivity contribution in [3.63, 3.8) is 0 Å². The van der Waals surface area contributed by atoms with Gasteiger partial charge >= 0.3 is 6.03 Å². The number of aliphatic hydroxyl groups is 1. The number of allylic oxidation sites excluding steroid dienone is 1. The normalized spacial score (nSPS) is 19.0. The number of hydrogen-bond acceptors (Lipinski definition) is 6. The molecule has 0 aromatic heterocycles. The largest absolute Gasteiger partial charge is 0.497 e. The summed E-state index contributed by atoms with van der Waals surface area (Å²) in [5, 5.41) is 13.3. The molecule has 0 spiro atoms. The van der Waals surface area contributed by atoms with E-state index >= 15 is 0 Å². The maximum Gasteiger partial charge on any atom is 0.325 e. The van der Waals surface area contributed by atoms with Gasteiger partial charge in [0.25, 0.3) is 5.91 Å². The topological polar surface area (TPSA) is 97.3 Å². The van der Waals surface area contributed by atoms with Crippen LogP contribution in [0.15, 0.2) is 48.5 Å². The summed E-state index contributed by atoms with van der Waals surface area (Å²) in [7, 11) is 3.10. The Morgan fingerprint density at radius 1 is 1.09 bits per heavy atom. The zero-order valence-electron chi connectivity index (χ0n) is 19.3. The van der Waals surface area contributed by atoms with Gasteiger partial charge in [-0.1, -0.05) is 37.3 Å². The lowest BCUT2D eigenvalue weighted by Gasteiger charge is -2.26. The molecule has 8 nitrogen and oxygen atoms in total. The predicted molar refractivity (Wildman–Crippen MR) is 124 cm³/mol. The highest BCUT2D eigenvalue weighted by Gasteiger charge is 2.51. The molecule has 1 aliphatic heterocycles. The summed E-state index contributed by atoms with van der Waals surface area (Å²) in [5.74, 6) is 1.23. The molecule has 0 saturated carbocycles. The Morgan fingerprint density at radius 3 is 2.42 bits per heavy atom. The lowest BCUT2D eigenvalue weighted by molar-refractivity contribution is -0.132. The van der Waals surface area contributed by atoms with Gasteiger partial charge in [0.1, 0.15) is 24.0 Å². The number of carbonyl (C=O) groups excluding carboxylic acids is 2. The minimum Gasteiger partial charge on any atom is -0.497 e. The zero-order valence-corrected chi connectivity index (χ0v) is 19.3. The van der Waals surface area contributed by atoms with Gasteiger partial charge in [-0.05, 0) is 48.7 Å². The Labute approximate surface area is 193 Å². The maximum absolute atomic E-state index is 13.3. The lowest BCUT2D eigenvalue weighted by Crippen LogP contribution is -2.44. The first-order valence-electron chi connectivity index (χ1n) is 10.8. The highest BCUT2D eigenvalue weighted by Crippen LogP contribution is 2.34. The van der Waals surface area contributed by atoms with Crippen molar-refractivity contribution in [3.8, 4) is 17.2 Å². The highest BCUT2D eigenvalue weighted by atomic mass is 16.5. The summed E-state index contributed by atoms with van der Waals surface area (Å²) in [6.07, 6.45) is 3.13. The molecule has 3 rings (SSSR count). The van der Waals surface area contributed by atoms with E-state index in [0.717, 1.165) is 10.5 Å². The number of carbonyl (C=O) groups is 2. The van der Waals surface area contributed by atoms with Crippen molar-refractivity contribution in [3.05, 3.63) is 59.7 Å². The average Bonchev–Trinajstić information content (AvgIpc) is 3.08. The number of amides is 3. The lowest BCUT2D eigenvalue weighted by atomic mass is 9.87. The summed E-state index contributed by atoms with van der Waals surface area (Å²) in [6, 6.07) is 11.9. The predicted octanol–water partition coefficient (Wildman–Crippen LogP) is 3.33. The fraction of sp³-hybridized carbons (Fsp3) is 0.360. The van der Waals surface area contributed by atoms with E-state index in [1.165, 1.54) is 7.11 Å². The maximum atomic E-state index is 13.3. The number of nitrogens with one attached hydrogen (secondary N) is 1. The van der Waals surface area contributed by atoms with Crippen LogP contribution >= 0.6 is 0 Å². The number of ether oxygens (including phenoxy) is 3. The van der Waals surface area contributed by atoms with Crippen LogP contribution in [0, 0.1) is 0 Å². The van der Waals surface area contributed by atoms with Crippen molar-refractivity contribution in [1.29, 1.82) is 0 Å². The Hall–Kier alpha value is -3.52. The van der Waals surface area contributed by atoms with E-state index in [1.807, 2.05) is 38.1 Å². The molecule has 8 heteroatoms. The number of methoxy groups -OCH3 is 2. The van der Waals surface area contributed by atoms with Gasteiger partial charge in [0.2, 0.25) is 0 Å². The smallest absolute Gasteiger partial charge is 0.325 e. The van der Waals surface area contributed by atoms with Gasteiger partial charge in [-0.15, -0.1) is 0 Å². The van der Waals surface area contributed by atoms with Crippen LogP contribution < -0.4 is 19.5 Å². The molecule has 3 amide bonds. The molecule has 1 heterocycles. The summed E-state index contributed by atoms with van der Waals surface area (Å²) >= 11 is 0. The second-order valence-corrected chi connectivity index (χ2v) is 7.71. The monoisotopic (exact) mass is 454 g/mol. The molecule has 176 valence electrons. The van der Waals surface area contributed by atoms with Crippen LogP contribution in [0.3, 0.4) is 0 Å². The molecular formula is C25H30N2O6. The molecule has 1 fully saturated rings. The second-order valence-electron chi connectivity index (χ2n) is 7.71. The number of benzene rings is 2. The number of hydrogen-bond donors (Lipinski definition) is 2. The van der Waals surface area contributed by atoms with Crippen molar-refractivity contribution >= 4 is 18.0 Å². The third-order valence-corrected chi connectivity index (χ3v) is 5.66. The molecule has 1 saturated heterocycles. The quantitative estimate of drug-likeness (QED) is 0.535. The SMILES string of the molecule is CC=Cc1ccc(OCC(O)CN2C(=O)NC(CC)(c3ccc(OC)cc3)C2=O)c(OC)c1. The van der Waals surface area contributed by atoms with Gasteiger partial charge in [-0.3, -0.25) is 9.69 Å². The summed E-state index contributed by atoms with van der Waals surface area (Å²) in [4.78, 5) is 27.0. The first-order valence-corrected chi connectivity index (χ1v) is 10.8. The van der Waals surface area contributed by atoms with Crippen molar-refractivity contribution in [2.24, 2.45) is 0 Å². The van der Waals surface area contributed by atoms with E-state index in [4.69, 9.17) is 14.2 Å². The van der Waals surface area contributed by atoms with Crippen molar-refractivity contribution < 1.29 is 28.9 Å². The number of nitrogens with zero attached hydrogens (tertiary/aromatic N) is 1. The molecule has 33 heavy (non-hydrogen) atoms. The molecule has 0 radical (unpaired) electrons. The zero-order chi connectivity index (χ0) is 24.0. The van der Waals surface area contributed by atoms with E-state index in [2.05, 4.69) is 5.32 Å². The van der Waals surface area contributed by atoms with Gasteiger partial charge in [0.05, 0.1) is 20.8 Å². The molecule has 2 aromatic rings. The fourth-order valence-electron chi connectivity index (χ4n) is 3.86. The van der Waals surface area contributed by atoms with Crippen molar-refractivity contribution in [2.75, 3.05) is 27.4 Å². The molecule has 0 aliphatic carbocycles. The number of urea groups is 1. The Bertz CT molecular complexity index is 1020. The van der Waals surface area contributed by atoms with Gasteiger partial charge in [-0.2, -0.15) is 0 Å². The molecule has 2 N–H and O–H groups in total. The Morgan fingerprint density at radius 2 is 1.82 bits per heavy atom. The van der Waals surface area contributed by atoms with Crippen LogP contribution in [0.5, 0.6) is 17.2 Å². The summed E-state index contributed by atoms with van der Waals surface area (Å²) in [5.41, 5.74) is 0.426. The Balaban J connectivity index is 1.69. The third-order valence-electron chi connectivity index (χ3n) is 5.66. The van der Waals surface area contributed by atoms with Crippen LogP contribution in [-0.2, 0) is 10.3 Å². The van der Waals surface area contributed by atoms with Gasteiger partial charge in [0.15, 0.2) is 11.5 Å². The summed E-state index contributed by atoms with van der Waals surface area (Å²) < 4.78 is 16.2. The van der Waals surface area contributed by atoms with Crippen molar-refractivity contribution in [2.45, 2.75) is 31.9 Å². The van der Waals surface area contributed by atoms with E-state index in [1.54, 1.807) is 37.4 Å². The average molecular weight is 455 g/mol. The highest BCUT2D eigenvalue weighted by molar-refractivity contribution is 6.07. The van der Waals surface area contributed by atoms with Crippen LogP contribution in [0.25, 0.3) is 6.08 Å². The van der Waals surface area contributed by atoms with Crippen molar-refractivity contribution in [1.82, 2.24) is 10.2 Å². The van der Waals surface area contributed by atoms with Crippen LogP contribution in [0.1, 0.15) is 31.4 Å². The number of β-amino-alcohol motifs (C(OH)–C–C–N with tert-alkyl or cyclic N) is 1. The van der Waals surface area contributed by atoms with E-state index < -0.39 is 23.6 Å². The van der Waals surface area contributed by atoms with Gasteiger partial charge in [-0.25, -0.2) is 4.79 Å². The standard InChI is InChI=1S/C25H30N2O6/c1-5-7-17-8-13-21(22(14-17)32-4)33-16-19(28)15-27-23(29)25(6-2,26-24(27)30)18-9-11-20(31-3)12-10-18/h5,7-14,19,28H,6,15-16H2,1-4H3,(H,26,30). The first kappa shape index (κ1) is 24.1. The molecule has 0 bridgehead atoms. The van der Waals surface area contributed by atoms with E-state index in [-0.39, 0.29) is 13.2 Å². The minimum absolute atomic E-state index is 0.113. The van der Waals surface area contributed by atoms with Crippen LogP contribution in [0.2, 0.25) is 0 Å². The summed E-state index contributed by atoms with van der Waals surface area (Å²) in [6.45, 7) is 3.44. The van der Waals surface area contributed by atoms with Crippen LogP contribution in [-0.4, -0.2) is 55.4 Å². The Kier molecular flexibility index (Phi) is 7.60. The molecule has 2 aromatic carbocycles. The second kappa shape index (κ2) is 10.4. The number of imide groups is 1. The number of rotatable bonds is 10. The van der Waals surface area contributed by atoms with Gasteiger partial charge in [0, 0.05) is 0 Å². The fourth-order valence-corrected chi connectivity index (χ4v) is 3.86. The molecule has 1 aliphatic rings. The van der Waals surface area contributed by atoms with E-state index in [0.29, 0.717) is 29.2 Å². The number of aliphatic hydroxyl groups excluding tert-OH is 1. The molecular weight excluding hydrogens is 424 g/mol.